The Morgan fingerprint density at radius 1 is 1.15 bits per heavy atom. The van der Waals surface area contributed by atoms with Crippen LogP contribution >= 0.6 is 0 Å². The van der Waals surface area contributed by atoms with E-state index < -0.39 is 41.2 Å². The molecule has 1 saturated heterocycles. The summed E-state index contributed by atoms with van der Waals surface area (Å²) in [6.45, 7) is 2.06. The van der Waals surface area contributed by atoms with E-state index in [1.54, 1.807) is 0 Å². The van der Waals surface area contributed by atoms with Crippen LogP contribution < -0.4 is 5.32 Å². The van der Waals surface area contributed by atoms with E-state index in [2.05, 4.69) is 0 Å². The van der Waals surface area contributed by atoms with Crippen molar-refractivity contribution in [3.05, 3.63) is 29.3 Å². The number of benzene rings is 1. The van der Waals surface area contributed by atoms with Crippen molar-refractivity contribution in [3.8, 4) is 0 Å². The Morgan fingerprint density at radius 2 is 1.74 bits per heavy atom. The van der Waals surface area contributed by atoms with Gasteiger partial charge in [-0.1, -0.05) is 0 Å². The van der Waals surface area contributed by atoms with Crippen LogP contribution in [0.25, 0.3) is 0 Å². The van der Waals surface area contributed by atoms with Crippen molar-refractivity contribution in [1.29, 1.82) is 0 Å². The van der Waals surface area contributed by atoms with E-state index in [0.717, 1.165) is 19.3 Å². The van der Waals surface area contributed by atoms with Crippen molar-refractivity contribution in [2.24, 2.45) is 0 Å². The third kappa shape index (κ3) is 6.39. The Kier molecular flexibility index (Phi) is 6.74. The van der Waals surface area contributed by atoms with Crippen molar-refractivity contribution in [2.45, 2.75) is 50.7 Å². The molecule has 152 valence electrons. The lowest BCUT2D eigenvalue weighted by Crippen LogP contribution is -2.32. The summed E-state index contributed by atoms with van der Waals surface area (Å²) in [6.07, 6.45) is -8.57. The zero-order valence-corrected chi connectivity index (χ0v) is 14.4. The van der Waals surface area contributed by atoms with Crippen LogP contribution in [0.2, 0.25) is 0 Å². The highest BCUT2D eigenvalue weighted by molar-refractivity contribution is 5.94. The predicted molar refractivity (Wildman–Crippen MR) is 84.1 cm³/mol. The fourth-order valence-electron chi connectivity index (χ4n) is 2.54. The average Bonchev–Trinajstić information content (AvgIpc) is 2.58. The van der Waals surface area contributed by atoms with Gasteiger partial charge in [-0.3, -0.25) is 4.79 Å². The molecule has 1 fully saturated rings. The van der Waals surface area contributed by atoms with Crippen molar-refractivity contribution in [1.82, 2.24) is 0 Å². The number of ether oxygens (including phenoxy) is 2. The molecule has 1 amide bonds. The average molecular weight is 399 g/mol. The number of alkyl halides is 6. The maximum absolute atomic E-state index is 12.8. The number of rotatable bonds is 5. The molecule has 0 aromatic heterocycles. The first kappa shape index (κ1) is 21.5. The predicted octanol–water partition coefficient (Wildman–Crippen LogP) is 4.64. The first-order chi connectivity index (χ1) is 12.5. The maximum atomic E-state index is 12.8. The topological polar surface area (TPSA) is 47.6 Å². The van der Waals surface area contributed by atoms with Crippen LogP contribution in [0.1, 0.15) is 37.3 Å². The van der Waals surface area contributed by atoms with E-state index in [4.69, 9.17) is 9.47 Å². The minimum Gasteiger partial charge on any atom is -0.376 e. The molecule has 0 spiro atoms. The Balaban J connectivity index is 2.06. The highest BCUT2D eigenvalue weighted by atomic mass is 19.4. The molecule has 2 unspecified atom stereocenters. The standard InChI is InChI=1S/C17H19F6NO3/c1-10(27-9-14-4-2-3-5-26-14)15(25)24-13-7-11(16(18,19)20)6-12(8-13)17(21,22)23/h6-8,10,14H,2-5,9H2,1H3,(H,24,25). The first-order valence-electron chi connectivity index (χ1n) is 8.30. The molecule has 1 heterocycles. The van der Waals surface area contributed by atoms with Crippen LogP contribution in [0.5, 0.6) is 0 Å². The molecule has 1 aromatic rings. The number of hydrogen-bond acceptors (Lipinski definition) is 3. The summed E-state index contributed by atoms with van der Waals surface area (Å²) in [6, 6.07) is 0.893. The summed E-state index contributed by atoms with van der Waals surface area (Å²) in [7, 11) is 0. The minimum absolute atomic E-state index is 0.00397. The second kappa shape index (κ2) is 8.47. The van der Waals surface area contributed by atoms with E-state index in [0.29, 0.717) is 18.7 Å². The van der Waals surface area contributed by atoms with Crippen LogP contribution in [-0.2, 0) is 26.6 Å². The van der Waals surface area contributed by atoms with Crippen molar-refractivity contribution < 1.29 is 40.6 Å². The summed E-state index contributed by atoms with van der Waals surface area (Å²) in [5, 5.41) is 2.05. The molecule has 0 aliphatic carbocycles. The van der Waals surface area contributed by atoms with Crippen LogP contribution in [0, 0.1) is 0 Å². The molecule has 4 nitrogen and oxygen atoms in total. The van der Waals surface area contributed by atoms with Gasteiger partial charge in [-0.15, -0.1) is 0 Å². The number of halogens is 6. The van der Waals surface area contributed by atoms with E-state index in [1.165, 1.54) is 6.92 Å². The lowest BCUT2D eigenvalue weighted by Gasteiger charge is -2.24. The molecule has 1 aliphatic heterocycles. The monoisotopic (exact) mass is 399 g/mol. The van der Waals surface area contributed by atoms with Gasteiger partial charge in [0, 0.05) is 12.3 Å². The number of anilines is 1. The molecular formula is C17H19F6NO3. The molecule has 10 heteroatoms. The van der Waals surface area contributed by atoms with Crippen LogP contribution in [0.4, 0.5) is 32.0 Å². The normalized spacial score (nSPS) is 19.6. The fourth-order valence-corrected chi connectivity index (χ4v) is 2.54. The lowest BCUT2D eigenvalue weighted by atomic mass is 10.1. The van der Waals surface area contributed by atoms with Crippen LogP contribution in [0.15, 0.2) is 18.2 Å². The molecule has 2 atom stereocenters. The van der Waals surface area contributed by atoms with Crippen molar-refractivity contribution >= 4 is 11.6 Å². The Labute approximate surface area is 151 Å². The Morgan fingerprint density at radius 3 is 2.22 bits per heavy atom. The quantitative estimate of drug-likeness (QED) is 0.734. The fraction of sp³-hybridized carbons (Fsp3) is 0.588. The molecule has 27 heavy (non-hydrogen) atoms. The molecule has 1 aromatic carbocycles. The first-order valence-corrected chi connectivity index (χ1v) is 8.30. The van der Waals surface area contributed by atoms with Gasteiger partial charge < -0.3 is 14.8 Å². The van der Waals surface area contributed by atoms with Crippen molar-refractivity contribution in [3.63, 3.8) is 0 Å². The summed E-state index contributed by atoms with van der Waals surface area (Å²) >= 11 is 0. The maximum Gasteiger partial charge on any atom is 0.416 e. The third-order valence-electron chi connectivity index (χ3n) is 4.03. The second-order valence-electron chi connectivity index (χ2n) is 6.25. The lowest BCUT2D eigenvalue weighted by molar-refractivity contribution is -0.143. The number of hydrogen-bond donors (Lipinski definition) is 1. The minimum atomic E-state index is -4.98. The highest BCUT2D eigenvalue weighted by Gasteiger charge is 2.37. The van der Waals surface area contributed by atoms with Crippen molar-refractivity contribution in [2.75, 3.05) is 18.5 Å². The zero-order valence-electron chi connectivity index (χ0n) is 14.4. The summed E-state index contributed by atoms with van der Waals surface area (Å²) in [5.41, 5.74) is -3.61. The van der Waals surface area contributed by atoms with Gasteiger partial charge in [0.2, 0.25) is 0 Å². The van der Waals surface area contributed by atoms with Crippen LogP contribution in [0.3, 0.4) is 0 Å². The Bertz CT molecular complexity index is 621. The number of carbonyl (C=O) groups excluding carboxylic acids is 1. The van der Waals surface area contributed by atoms with Gasteiger partial charge in [0.1, 0.15) is 6.10 Å². The van der Waals surface area contributed by atoms with E-state index >= 15 is 0 Å². The van der Waals surface area contributed by atoms with E-state index in [-0.39, 0.29) is 18.8 Å². The molecular weight excluding hydrogens is 380 g/mol. The van der Waals surface area contributed by atoms with Gasteiger partial charge in [0.05, 0.1) is 23.8 Å². The summed E-state index contributed by atoms with van der Waals surface area (Å²) in [5.74, 6) is -0.849. The zero-order chi connectivity index (χ0) is 20.2. The van der Waals surface area contributed by atoms with Gasteiger partial charge in [-0.05, 0) is 44.4 Å². The summed E-state index contributed by atoms with van der Waals surface area (Å²) < 4.78 is 87.8. The number of nitrogens with one attached hydrogen (secondary N) is 1. The Hall–Kier alpha value is -1.81. The van der Waals surface area contributed by atoms with Gasteiger partial charge in [-0.2, -0.15) is 26.3 Å². The number of amides is 1. The van der Waals surface area contributed by atoms with Gasteiger partial charge in [0.15, 0.2) is 0 Å². The van der Waals surface area contributed by atoms with Gasteiger partial charge in [0.25, 0.3) is 5.91 Å². The van der Waals surface area contributed by atoms with E-state index in [9.17, 15) is 31.1 Å². The van der Waals surface area contributed by atoms with Gasteiger partial charge >= 0.3 is 12.4 Å². The molecule has 0 radical (unpaired) electrons. The smallest absolute Gasteiger partial charge is 0.376 e. The molecule has 2 rings (SSSR count). The second-order valence-corrected chi connectivity index (χ2v) is 6.25. The summed E-state index contributed by atoms with van der Waals surface area (Å²) in [4.78, 5) is 12.1. The molecule has 1 aliphatic rings. The highest BCUT2D eigenvalue weighted by Crippen LogP contribution is 2.37. The van der Waals surface area contributed by atoms with Crippen LogP contribution in [-0.4, -0.2) is 31.3 Å². The molecule has 0 bridgehead atoms. The molecule has 0 saturated carbocycles. The number of carbonyl (C=O) groups is 1. The third-order valence-corrected chi connectivity index (χ3v) is 4.03. The van der Waals surface area contributed by atoms with E-state index in [1.807, 2.05) is 5.32 Å². The van der Waals surface area contributed by atoms with Gasteiger partial charge in [-0.25, -0.2) is 0 Å². The largest absolute Gasteiger partial charge is 0.416 e. The SMILES string of the molecule is CC(OCC1CCCCO1)C(=O)Nc1cc(C(F)(F)F)cc(C(F)(F)F)c1. The molecule has 1 N–H and O–H groups in total.